The van der Waals surface area contributed by atoms with Gasteiger partial charge in [-0.15, -0.1) is 0 Å². The van der Waals surface area contributed by atoms with Crippen molar-refractivity contribution in [1.29, 1.82) is 0 Å². The Labute approximate surface area is 89.2 Å². The smallest absolute Gasteiger partial charge is 0.0203 e. The first-order chi connectivity index (χ1) is 6.42. The number of allylic oxidation sites excluding steroid dienone is 1. The van der Waals surface area contributed by atoms with E-state index in [4.69, 9.17) is 0 Å². The summed E-state index contributed by atoms with van der Waals surface area (Å²) in [6.45, 7) is 15.8. The summed E-state index contributed by atoms with van der Waals surface area (Å²) >= 11 is 0. The van der Waals surface area contributed by atoms with Gasteiger partial charge in [0.15, 0.2) is 0 Å². The van der Waals surface area contributed by atoms with Crippen molar-refractivity contribution in [2.24, 2.45) is 11.3 Å². The minimum atomic E-state index is 0.376. The summed E-state index contributed by atoms with van der Waals surface area (Å²) in [5.41, 5.74) is 1.72. The van der Waals surface area contributed by atoms with E-state index in [9.17, 15) is 0 Å². The van der Waals surface area contributed by atoms with E-state index in [1.807, 2.05) is 0 Å². The summed E-state index contributed by atoms with van der Waals surface area (Å²) in [5, 5.41) is 0. The van der Waals surface area contributed by atoms with Crippen LogP contribution in [0.25, 0.3) is 0 Å². The summed E-state index contributed by atoms with van der Waals surface area (Å²) in [7, 11) is 0. The van der Waals surface area contributed by atoms with Crippen molar-refractivity contribution in [3.8, 4) is 0 Å². The SMILES string of the molecule is C=C(CC(C)(C)C)N1CCC(CC)C1. The van der Waals surface area contributed by atoms with Crippen molar-refractivity contribution in [3.05, 3.63) is 12.3 Å². The van der Waals surface area contributed by atoms with Crippen LogP contribution < -0.4 is 0 Å². The summed E-state index contributed by atoms with van der Waals surface area (Å²) in [6, 6.07) is 0. The molecule has 1 heterocycles. The Morgan fingerprint density at radius 2 is 2.07 bits per heavy atom. The first-order valence-electron chi connectivity index (χ1n) is 5.85. The van der Waals surface area contributed by atoms with Crippen LogP contribution in [0, 0.1) is 11.3 Å². The highest BCUT2D eigenvalue weighted by Gasteiger charge is 2.23. The second-order valence-corrected chi connectivity index (χ2v) is 5.81. The third kappa shape index (κ3) is 3.36. The van der Waals surface area contributed by atoms with Crippen LogP contribution in [0.15, 0.2) is 12.3 Å². The van der Waals surface area contributed by atoms with Crippen LogP contribution in [0.5, 0.6) is 0 Å². The molecule has 1 unspecified atom stereocenters. The van der Waals surface area contributed by atoms with Gasteiger partial charge in [-0.25, -0.2) is 0 Å². The fourth-order valence-corrected chi connectivity index (χ4v) is 2.18. The van der Waals surface area contributed by atoms with Crippen LogP contribution >= 0.6 is 0 Å². The van der Waals surface area contributed by atoms with Gasteiger partial charge in [-0.1, -0.05) is 40.7 Å². The lowest BCUT2D eigenvalue weighted by Gasteiger charge is -2.27. The van der Waals surface area contributed by atoms with E-state index in [2.05, 4.69) is 39.2 Å². The predicted molar refractivity (Wildman–Crippen MR) is 63.2 cm³/mol. The molecule has 0 spiro atoms. The number of likely N-dealkylation sites (tertiary alicyclic amines) is 1. The number of hydrogen-bond acceptors (Lipinski definition) is 1. The van der Waals surface area contributed by atoms with Gasteiger partial charge in [-0.2, -0.15) is 0 Å². The van der Waals surface area contributed by atoms with Gasteiger partial charge in [0.2, 0.25) is 0 Å². The molecule has 0 N–H and O–H groups in total. The van der Waals surface area contributed by atoms with Crippen LogP contribution in [0.4, 0.5) is 0 Å². The highest BCUT2D eigenvalue weighted by atomic mass is 15.2. The van der Waals surface area contributed by atoms with Crippen LogP contribution in [-0.2, 0) is 0 Å². The Hall–Kier alpha value is -0.460. The van der Waals surface area contributed by atoms with E-state index in [0.29, 0.717) is 5.41 Å². The van der Waals surface area contributed by atoms with Crippen molar-refractivity contribution in [1.82, 2.24) is 4.90 Å². The van der Waals surface area contributed by atoms with Gasteiger partial charge in [0.05, 0.1) is 0 Å². The first-order valence-corrected chi connectivity index (χ1v) is 5.85. The van der Waals surface area contributed by atoms with Crippen LogP contribution in [0.3, 0.4) is 0 Å². The molecule has 1 fully saturated rings. The third-order valence-electron chi connectivity index (χ3n) is 3.04. The van der Waals surface area contributed by atoms with Gasteiger partial charge in [-0.3, -0.25) is 0 Å². The zero-order chi connectivity index (χ0) is 10.8. The molecule has 0 saturated carbocycles. The fraction of sp³-hybridized carbons (Fsp3) is 0.846. The average Bonchev–Trinajstić information content (AvgIpc) is 2.48. The summed E-state index contributed by atoms with van der Waals surface area (Å²) < 4.78 is 0. The Morgan fingerprint density at radius 3 is 2.50 bits per heavy atom. The molecule has 0 aromatic carbocycles. The molecule has 82 valence electrons. The molecule has 0 radical (unpaired) electrons. The molecule has 0 bridgehead atoms. The molecule has 0 aromatic rings. The van der Waals surface area contributed by atoms with E-state index in [1.54, 1.807) is 0 Å². The van der Waals surface area contributed by atoms with Crippen molar-refractivity contribution in [2.45, 2.75) is 47.0 Å². The second-order valence-electron chi connectivity index (χ2n) is 5.81. The maximum absolute atomic E-state index is 4.22. The van der Waals surface area contributed by atoms with Crippen LogP contribution in [0.1, 0.15) is 47.0 Å². The predicted octanol–water partition coefficient (Wildman–Crippen LogP) is 3.67. The Balaban J connectivity index is 2.40. The van der Waals surface area contributed by atoms with E-state index in [-0.39, 0.29) is 0 Å². The van der Waals surface area contributed by atoms with E-state index >= 15 is 0 Å². The molecular weight excluding hydrogens is 170 g/mol. The first kappa shape index (κ1) is 11.6. The summed E-state index contributed by atoms with van der Waals surface area (Å²) in [6.07, 6.45) is 3.81. The molecule has 0 amide bonds. The minimum Gasteiger partial charge on any atom is -0.375 e. The summed E-state index contributed by atoms with van der Waals surface area (Å²) in [4.78, 5) is 2.49. The molecule has 1 nitrogen and oxygen atoms in total. The molecule has 14 heavy (non-hydrogen) atoms. The van der Waals surface area contributed by atoms with Gasteiger partial charge < -0.3 is 4.90 Å². The lowest BCUT2D eigenvalue weighted by atomic mass is 9.90. The molecular formula is C13H25N. The van der Waals surface area contributed by atoms with Crippen molar-refractivity contribution >= 4 is 0 Å². The molecule has 0 aliphatic carbocycles. The largest absolute Gasteiger partial charge is 0.375 e. The van der Waals surface area contributed by atoms with Crippen LogP contribution in [-0.4, -0.2) is 18.0 Å². The second kappa shape index (κ2) is 4.37. The molecule has 1 rings (SSSR count). The monoisotopic (exact) mass is 195 g/mol. The highest BCUT2D eigenvalue weighted by Crippen LogP contribution is 2.29. The molecule has 1 saturated heterocycles. The summed E-state index contributed by atoms with van der Waals surface area (Å²) in [5.74, 6) is 0.909. The maximum Gasteiger partial charge on any atom is 0.0203 e. The maximum atomic E-state index is 4.22. The van der Waals surface area contributed by atoms with E-state index < -0.39 is 0 Å². The highest BCUT2D eigenvalue weighted by molar-refractivity contribution is 5.00. The normalized spacial score (nSPS) is 22.9. The molecule has 1 atom stereocenters. The molecule has 1 aliphatic rings. The lowest BCUT2D eigenvalue weighted by Crippen LogP contribution is -2.22. The minimum absolute atomic E-state index is 0.376. The lowest BCUT2D eigenvalue weighted by molar-refractivity contribution is 0.321. The Kier molecular flexibility index (Phi) is 3.63. The zero-order valence-electron chi connectivity index (χ0n) is 10.3. The van der Waals surface area contributed by atoms with Gasteiger partial charge in [0, 0.05) is 18.8 Å². The van der Waals surface area contributed by atoms with Gasteiger partial charge >= 0.3 is 0 Å². The van der Waals surface area contributed by atoms with Gasteiger partial charge in [-0.05, 0) is 24.2 Å². The van der Waals surface area contributed by atoms with Crippen molar-refractivity contribution in [2.75, 3.05) is 13.1 Å². The number of hydrogen-bond donors (Lipinski definition) is 0. The average molecular weight is 195 g/mol. The van der Waals surface area contributed by atoms with Crippen molar-refractivity contribution in [3.63, 3.8) is 0 Å². The molecule has 0 aromatic heterocycles. The number of rotatable bonds is 3. The zero-order valence-corrected chi connectivity index (χ0v) is 10.3. The fourth-order valence-electron chi connectivity index (χ4n) is 2.18. The Morgan fingerprint density at radius 1 is 1.43 bits per heavy atom. The quantitative estimate of drug-likeness (QED) is 0.664. The van der Waals surface area contributed by atoms with Gasteiger partial charge in [0.25, 0.3) is 0 Å². The van der Waals surface area contributed by atoms with E-state index in [1.165, 1.54) is 31.6 Å². The van der Waals surface area contributed by atoms with Crippen molar-refractivity contribution < 1.29 is 0 Å². The Bertz CT molecular complexity index is 200. The standard InChI is InChI=1S/C13H25N/c1-6-12-7-8-14(10-12)11(2)9-13(3,4)5/h12H,2,6-10H2,1,3-5H3. The van der Waals surface area contributed by atoms with Crippen LogP contribution in [0.2, 0.25) is 0 Å². The molecule has 1 aliphatic heterocycles. The van der Waals surface area contributed by atoms with Gasteiger partial charge in [0.1, 0.15) is 0 Å². The van der Waals surface area contributed by atoms with E-state index in [0.717, 1.165) is 12.3 Å². The topological polar surface area (TPSA) is 3.24 Å². The third-order valence-corrected chi connectivity index (χ3v) is 3.04. The number of nitrogens with zero attached hydrogens (tertiary/aromatic N) is 1. The molecule has 1 heteroatoms.